The van der Waals surface area contributed by atoms with Gasteiger partial charge in [-0.3, -0.25) is 0 Å². The second kappa shape index (κ2) is 5.56. The molecule has 0 fully saturated rings. The van der Waals surface area contributed by atoms with Crippen molar-refractivity contribution in [2.24, 2.45) is 0 Å². The Morgan fingerprint density at radius 2 is 1.90 bits per heavy atom. The highest BCUT2D eigenvalue weighted by Gasteiger charge is 2.08. The van der Waals surface area contributed by atoms with E-state index in [1.807, 2.05) is 42.6 Å². The number of carbonyl (C=O) groups is 1. The normalized spacial score (nSPS) is 9.95. The first-order valence-electron chi connectivity index (χ1n) is 6.54. The molecule has 0 radical (unpaired) electrons. The third-order valence-electron chi connectivity index (χ3n) is 3.22. The molecule has 21 heavy (non-hydrogen) atoms. The van der Waals surface area contributed by atoms with Crippen molar-refractivity contribution in [2.45, 2.75) is 0 Å². The summed E-state index contributed by atoms with van der Waals surface area (Å²) in [6, 6.07) is 15.2. The summed E-state index contributed by atoms with van der Waals surface area (Å²) in [4.78, 5) is 14.8. The monoisotopic (exact) mass is 275 g/mol. The van der Waals surface area contributed by atoms with Crippen LogP contribution in [0.15, 0.2) is 54.7 Å². The molecule has 0 aliphatic heterocycles. The second-order valence-corrected chi connectivity index (χ2v) is 4.57. The van der Waals surface area contributed by atoms with Gasteiger partial charge in [0.25, 0.3) is 0 Å². The molecule has 0 spiro atoms. The molecule has 3 aromatic rings. The number of ether oxygens (including phenoxy) is 1. The summed E-state index contributed by atoms with van der Waals surface area (Å²) >= 11 is 0. The Hall–Kier alpha value is -2.99. The minimum Gasteiger partial charge on any atom is -0.465 e. The maximum Gasteiger partial charge on any atom is 0.337 e. The Kier molecular flexibility index (Phi) is 3.44. The first kappa shape index (κ1) is 13.0. The van der Waals surface area contributed by atoms with Crippen LogP contribution in [0.4, 0.5) is 0 Å². The van der Waals surface area contributed by atoms with Crippen LogP contribution < -0.4 is 0 Å². The highest BCUT2D eigenvalue weighted by molar-refractivity contribution is 5.96. The van der Waals surface area contributed by atoms with E-state index >= 15 is 0 Å². The number of H-pyrrole nitrogens is 1. The predicted molar refractivity (Wildman–Crippen MR) is 82.1 cm³/mol. The van der Waals surface area contributed by atoms with Crippen molar-refractivity contribution in [3.8, 4) is 11.8 Å². The molecule has 0 aliphatic rings. The standard InChI is InChI=1S/C18H13NO2/c1-21-18(20)14-9-10-17-16(11-14)15(12-19-17)8-7-13-5-3-2-4-6-13/h2-6,9-12,19H,1H3. The zero-order valence-electron chi connectivity index (χ0n) is 11.5. The third kappa shape index (κ3) is 2.65. The SMILES string of the molecule is COC(=O)c1ccc2[nH]cc(C#Cc3ccccc3)c2c1. The molecule has 0 amide bonds. The van der Waals surface area contributed by atoms with E-state index in [0.717, 1.165) is 22.0 Å². The van der Waals surface area contributed by atoms with E-state index in [2.05, 4.69) is 16.8 Å². The molecule has 3 nitrogen and oxygen atoms in total. The van der Waals surface area contributed by atoms with Gasteiger partial charge in [-0.15, -0.1) is 0 Å². The van der Waals surface area contributed by atoms with Crippen LogP contribution in [-0.4, -0.2) is 18.1 Å². The van der Waals surface area contributed by atoms with Gasteiger partial charge in [-0.25, -0.2) is 4.79 Å². The fourth-order valence-electron chi connectivity index (χ4n) is 2.13. The van der Waals surface area contributed by atoms with Gasteiger partial charge in [-0.2, -0.15) is 0 Å². The maximum absolute atomic E-state index is 11.6. The molecular formula is C18H13NO2. The van der Waals surface area contributed by atoms with E-state index in [0.29, 0.717) is 5.56 Å². The summed E-state index contributed by atoms with van der Waals surface area (Å²) in [5, 5.41) is 0.918. The number of carbonyl (C=O) groups excluding carboxylic acids is 1. The molecule has 102 valence electrons. The number of aromatic amines is 1. The highest BCUT2D eigenvalue weighted by Crippen LogP contribution is 2.19. The molecule has 0 saturated carbocycles. The third-order valence-corrected chi connectivity index (χ3v) is 3.22. The summed E-state index contributed by atoms with van der Waals surface area (Å²) in [5.74, 6) is 5.90. The van der Waals surface area contributed by atoms with Gasteiger partial charge in [-0.05, 0) is 30.3 Å². The largest absolute Gasteiger partial charge is 0.465 e. The summed E-state index contributed by atoms with van der Waals surface area (Å²) in [6.45, 7) is 0. The molecule has 0 atom stereocenters. The number of hydrogen-bond donors (Lipinski definition) is 1. The smallest absolute Gasteiger partial charge is 0.337 e. The second-order valence-electron chi connectivity index (χ2n) is 4.57. The van der Waals surface area contributed by atoms with Crippen LogP contribution in [0.1, 0.15) is 21.5 Å². The van der Waals surface area contributed by atoms with E-state index in [9.17, 15) is 4.79 Å². The number of benzene rings is 2. The summed E-state index contributed by atoms with van der Waals surface area (Å²) in [6.07, 6.45) is 1.85. The fraction of sp³-hybridized carbons (Fsp3) is 0.0556. The maximum atomic E-state index is 11.6. The molecule has 1 heterocycles. The molecule has 0 saturated heterocycles. The van der Waals surface area contributed by atoms with Crippen molar-refractivity contribution in [1.82, 2.24) is 4.98 Å². The van der Waals surface area contributed by atoms with Crippen molar-refractivity contribution in [2.75, 3.05) is 7.11 Å². The number of rotatable bonds is 1. The lowest BCUT2D eigenvalue weighted by atomic mass is 10.1. The van der Waals surface area contributed by atoms with Crippen molar-refractivity contribution in [1.29, 1.82) is 0 Å². The highest BCUT2D eigenvalue weighted by atomic mass is 16.5. The Morgan fingerprint density at radius 3 is 2.67 bits per heavy atom. The molecule has 1 aromatic heterocycles. The zero-order chi connectivity index (χ0) is 14.7. The Balaban J connectivity index is 2.03. The van der Waals surface area contributed by atoms with Crippen molar-refractivity contribution >= 4 is 16.9 Å². The quantitative estimate of drug-likeness (QED) is 0.546. The number of hydrogen-bond acceptors (Lipinski definition) is 2. The Labute approximate surface area is 122 Å². The van der Waals surface area contributed by atoms with Crippen LogP contribution in [-0.2, 0) is 4.74 Å². The average Bonchev–Trinajstić information content (AvgIpc) is 2.95. The van der Waals surface area contributed by atoms with Gasteiger partial charge < -0.3 is 9.72 Å². The number of nitrogens with one attached hydrogen (secondary N) is 1. The fourth-order valence-corrected chi connectivity index (χ4v) is 2.13. The first-order valence-corrected chi connectivity index (χ1v) is 6.54. The van der Waals surface area contributed by atoms with Gasteiger partial charge >= 0.3 is 5.97 Å². The van der Waals surface area contributed by atoms with Crippen molar-refractivity contribution in [3.05, 3.63) is 71.4 Å². The number of aromatic nitrogens is 1. The lowest BCUT2D eigenvalue weighted by molar-refractivity contribution is 0.0601. The molecule has 2 aromatic carbocycles. The molecule has 1 N–H and O–H groups in total. The van der Waals surface area contributed by atoms with Crippen molar-refractivity contribution < 1.29 is 9.53 Å². The lowest BCUT2D eigenvalue weighted by Gasteiger charge is -1.99. The van der Waals surface area contributed by atoms with Gasteiger partial charge in [-0.1, -0.05) is 30.0 Å². The van der Waals surface area contributed by atoms with Gasteiger partial charge in [0.15, 0.2) is 0 Å². The van der Waals surface area contributed by atoms with E-state index < -0.39 is 0 Å². The van der Waals surface area contributed by atoms with Gasteiger partial charge in [0.05, 0.1) is 18.2 Å². The Bertz CT molecular complexity index is 851. The van der Waals surface area contributed by atoms with E-state index in [4.69, 9.17) is 4.74 Å². The van der Waals surface area contributed by atoms with Crippen LogP contribution in [0.2, 0.25) is 0 Å². The van der Waals surface area contributed by atoms with E-state index in [1.165, 1.54) is 7.11 Å². The van der Waals surface area contributed by atoms with E-state index in [1.54, 1.807) is 12.1 Å². The molecule has 3 rings (SSSR count). The Morgan fingerprint density at radius 1 is 1.10 bits per heavy atom. The number of fused-ring (bicyclic) bond motifs is 1. The van der Waals surface area contributed by atoms with Crippen LogP contribution in [0.25, 0.3) is 10.9 Å². The van der Waals surface area contributed by atoms with Crippen molar-refractivity contribution in [3.63, 3.8) is 0 Å². The topological polar surface area (TPSA) is 42.1 Å². The molecule has 0 unspecified atom stereocenters. The molecule has 0 aliphatic carbocycles. The van der Waals surface area contributed by atoms with Gasteiger partial charge in [0.1, 0.15) is 0 Å². The van der Waals surface area contributed by atoms with Crippen LogP contribution in [0.5, 0.6) is 0 Å². The molecule has 3 heteroatoms. The minimum absolute atomic E-state index is 0.347. The van der Waals surface area contributed by atoms with E-state index in [-0.39, 0.29) is 5.97 Å². The number of methoxy groups -OCH3 is 1. The predicted octanol–water partition coefficient (Wildman–Crippen LogP) is 3.35. The van der Waals surface area contributed by atoms with Crippen LogP contribution in [0.3, 0.4) is 0 Å². The lowest BCUT2D eigenvalue weighted by Crippen LogP contribution is -2.00. The summed E-state index contributed by atoms with van der Waals surface area (Å²) in [7, 11) is 1.37. The van der Waals surface area contributed by atoms with Crippen LogP contribution >= 0.6 is 0 Å². The zero-order valence-corrected chi connectivity index (χ0v) is 11.5. The summed E-state index contributed by atoms with van der Waals surface area (Å²) in [5.41, 5.74) is 3.28. The van der Waals surface area contributed by atoms with Crippen LogP contribution in [0, 0.1) is 11.8 Å². The molecular weight excluding hydrogens is 262 g/mol. The average molecular weight is 275 g/mol. The molecule has 0 bridgehead atoms. The summed E-state index contributed by atoms with van der Waals surface area (Å²) < 4.78 is 4.75. The van der Waals surface area contributed by atoms with Gasteiger partial charge in [0.2, 0.25) is 0 Å². The minimum atomic E-state index is -0.347. The van der Waals surface area contributed by atoms with Gasteiger partial charge in [0, 0.05) is 22.7 Å². The number of esters is 1. The first-order chi connectivity index (χ1) is 10.3.